The minimum Gasteiger partial charge on any atom is -0.447 e. The quantitative estimate of drug-likeness (QED) is 0.560. The van der Waals surface area contributed by atoms with E-state index in [4.69, 9.17) is 26.6 Å². The first-order valence-electron chi connectivity index (χ1n) is 9.09. The number of ether oxygens (including phenoxy) is 1. The predicted octanol–water partition coefficient (Wildman–Crippen LogP) is 5.45. The summed E-state index contributed by atoms with van der Waals surface area (Å²) < 4.78 is 5.16. The van der Waals surface area contributed by atoms with Gasteiger partial charge >= 0.3 is 5.97 Å². The van der Waals surface area contributed by atoms with Crippen molar-refractivity contribution in [2.45, 2.75) is 19.3 Å². The minimum absolute atomic E-state index is 0.266. The second-order valence-corrected chi connectivity index (χ2v) is 7.08. The Bertz CT molecular complexity index is 1130. The Hall–Kier alpha value is -3.16. The zero-order chi connectivity index (χ0) is 19.5. The molecule has 4 nitrogen and oxygen atoms in total. The minimum atomic E-state index is -0.468. The maximum atomic E-state index is 12.8. The van der Waals surface area contributed by atoms with E-state index >= 15 is 0 Å². The van der Waals surface area contributed by atoms with Crippen molar-refractivity contribution in [1.29, 1.82) is 5.26 Å². The van der Waals surface area contributed by atoms with Crippen LogP contribution in [0.4, 0.5) is 0 Å². The van der Waals surface area contributed by atoms with E-state index in [-0.39, 0.29) is 6.61 Å². The lowest BCUT2D eigenvalue weighted by Crippen LogP contribution is -2.15. The standard InChI is InChI=1S/C23H17ClN2O2/c24-17-10-8-15(9-11-17)14-16-4-3-6-19-21(23(27)28-13-12-25)18-5-1-2-7-20(18)26-22(16)19/h1-2,5,7-11,14H,3-4,6,13H2/b16-14+. The molecule has 138 valence electrons. The number of carbonyl (C=O) groups excluding carboxylic acids is 1. The molecule has 0 fully saturated rings. The zero-order valence-electron chi connectivity index (χ0n) is 15.1. The number of benzene rings is 2. The molecule has 1 heterocycles. The van der Waals surface area contributed by atoms with Crippen LogP contribution in [-0.4, -0.2) is 17.6 Å². The summed E-state index contributed by atoms with van der Waals surface area (Å²) in [5.41, 5.74) is 5.13. The van der Waals surface area contributed by atoms with Crippen LogP contribution in [0.25, 0.3) is 22.6 Å². The molecule has 0 amide bonds. The summed E-state index contributed by atoms with van der Waals surface area (Å²) in [6.45, 7) is -0.266. The van der Waals surface area contributed by atoms with Gasteiger partial charge in [-0.05, 0) is 60.2 Å². The number of halogens is 1. The van der Waals surface area contributed by atoms with Crippen LogP contribution in [0.3, 0.4) is 0 Å². The van der Waals surface area contributed by atoms with E-state index in [1.165, 1.54) is 0 Å². The Morgan fingerprint density at radius 2 is 1.96 bits per heavy atom. The van der Waals surface area contributed by atoms with Gasteiger partial charge < -0.3 is 4.74 Å². The van der Waals surface area contributed by atoms with E-state index in [0.717, 1.165) is 52.6 Å². The monoisotopic (exact) mass is 388 g/mol. The van der Waals surface area contributed by atoms with Gasteiger partial charge in [0.2, 0.25) is 0 Å². The van der Waals surface area contributed by atoms with Crippen LogP contribution < -0.4 is 0 Å². The van der Waals surface area contributed by atoms with Gasteiger partial charge in [0.1, 0.15) is 6.07 Å². The first-order chi connectivity index (χ1) is 13.7. The van der Waals surface area contributed by atoms with E-state index in [2.05, 4.69) is 6.08 Å². The highest BCUT2D eigenvalue weighted by Gasteiger charge is 2.25. The van der Waals surface area contributed by atoms with E-state index < -0.39 is 5.97 Å². The topological polar surface area (TPSA) is 63.0 Å². The number of hydrogen-bond acceptors (Lipinski definition) is 4. The maximum Gasteiger partial charge on any atom is 0.340 e. The number of nitriles is 1. The van der Waals surface area contributed by atoms with Crippen LogP contribution in [0.2, 0.25) is 5.02 Å². The fourth-order valence-corrected chi connectivity index (χ4v) is 3.76. The summed E-state index contributed by atoms with van der Waals surface area (Å²) in [6.07, 6.45) is 4.65. The molecule has 1 aliphatic carbocycles. The molecular formula is C23H17ClN2O2. The number of esters is 1. The molecular weight excluding hydrogens is 372 g/mol. The van der Waals surface area contributed by atoms with Gasteiger partial charge in [0.15, 0.2) is 6.61 Å². The Morgan fingerprint density at radius 1 is 1.18 bits per heavy atom. The lowest BCUT2D eigenvalue weighted by atomic mass is 9.86. The number of nitrogens with zero attached hydrogens (tertiary/aromatic N) is 2. The molecule has 0 aliphatic heterocycles. The molecule has 0 saturated heterocycles. The number of pyridine rings is 1. The summed E-state index contributed by atoms with van der Waals surface area (Å²) in [5, 5.41) is 10.2. The van der Waals surface area contributed by atoms with E-state index in [1.54, 1.807) is 0 Å². The Balaban J connectivity index is 1.90. The van der Waals surface area contributed by atoms with Crippen molar-refractivity contribution in [2.75, 3.05) is 6.61 Å². The third-order valence-electron chi connectivity index (χ3n) is 4.85. The third kappa shape index (κ3) is 3.49. The molecule has 3 aromatic rings. The third-order valence-corrected chi connectivity index (χ3v) is 5.11. The summed E-state index contributed by atoms with van der Waals surface area (Å²) in [4.78, 5) is 17.6. The second-order valence-electron chi connectivity index (χ2n) is 6.64. The van der Waals surface area contributed by atoms with Gasteiger partial charge in [-0.3, -0.25) is 0 Å². The highest BCUT2D eigenvalue weighted by Crippen LogP contribution is 2.36. The molecule has 0 saturated carbocycles. The fourth-order valence-electron chi connectivity index (χ4n) is 3.64. The van der Waals surface area contributed by atoms with Gasteiger partial charge in [-0.15, -0.1) is 0 Å². The second kappa shape index (κ2) is 7.84. The summed E-state index contributed by atoms with van der Waals surface area (Å²) in [6, 6.07) is 17.1. The van der Waals surface area contributed by atoms with Gasteiger partial charge in [-0.1, -0.05) is 41.9 Å². The van der Waals surface area contributed by atoms with Crippen LogP contribution in [0.15, 0.2) is 48.5 Å². The Kier molecular flexibility index (Phi) is 5.10. The van der Waals surface area contributed by atoms with Gasteiger partial charge in [-0.2, -0.15) is 5.26 Å². The Labute approximate surface area is 168 Å². The highest BCUT2D eigenvalue weighted by molar-refractivity contribution is 6.30. The molecule has 2 aromatic carbocycles. The van der Waals surface area contributed by atoms with Crippen molar-refractivity contribution in [3.8, 4) is 6.07 Å². The number of para-hydroxylation sites is 1. The average Bonchev–Trinajstić information content (AvgIpc) is 2.72. The van der Waals surface area contributed by atoms with Crippen LogP contribution in [-0.2, 0) is 11.2 Å². The molecule has 0 bridgehead atoms. The fraction of sp³-hybridized carbons (Fsp3) is 0.174. The summed E-state index contributed by atoms with van der Waals surface area (Å²) in [7, 11) is 0. The molecule has 0 spiro atoms. The number of carbonyl (C=O) groups is 1. The normalized spacial score (nSPS) is 14.5. The van der Waals surface area contributed by atoms with Gasteiger partial charge in [-0.25, -0.2) is 9.78 Å². The molecule has 5 heteroatoms. The van der Waals surface area contributed by atoms with Crippen LogP contribution in [0, 0.1) is 11.3 Å². The molecule has 1 aliphatic rings. The zero-order valence-corrected chi connectivity index (χ0v) is 15.9. The van der Waals surface area contributed by atoms with Crippen molar-refractivity contribution < 1.29 is 9.53 Å². The van der Waals surface area contributed by atoms with Crippen LogP contribution in [0.1, 0.15) is 40.0 Å². The molecule has 0 atom stereocenters. The first kappa shape index (κ1) is 18.2. The molecule has 1 aromatic heterocycles. The van der Waals surface area contributed by atoms with Crippen molar-refractivity contribution in [3.05, 3.63) is 75.9 Å². The molecule has 4 rings (SSSR count). The number of hydrogen-bond donors (Lipinski definition) is 0. The van der Waals surface area contributed by atoms with E-state index in [1.807, 2.05) is 54.6 Å². The van der Waals surface area contributed by atoms with Gasteiger partial charge in [0.05, 0.1) is 16.8 Å². The maximum absolute atomic E-state index is 12.8. The molecule has 28 heavy (non-hydrogen) atoms. The molecule has 0 radical (unpaired) electrons. The Morgan fingerprint density at radius 3 is 2.75 bits per heavy atom. The van der Waals surface area contributed by atoms with Crippen molar-refractivity contribution in [3.63, 3.8) is 0 Å². The number of rotatable bonds is 3. The number of allylic oxidation sites excluding steroid dienone is 1. The summed E-state index contributed by atoms with van der Waals surface area (Å²) >= 11 is 5.99. The van der Waals surface area contributed by atoms with Crippen molar-refractivity contribution in [1.82, 2.24) is 4.98 Å². The van der Waals surface area contributed by atoms with Gasteiger partial charge in [0, 0.05) is 10.4 Å². The first-order valence-corrected chi connectivity index (χ1v) is 9.47. The molecule has 0 N–H and O–H groups in total. The number of fused-ring (bicyclic) bond motifs is 2. The average molecular weight is 389 g/mol. The number of aromatic nitrogens is 1. The lowest BCUT2D eigenvalue weighted by molar-refractivity contribution is 0.0556. The lowest BCUT2D eigenvalue weighted by Gasteiger charge is -2.22. The van der Waals surface area contributed by atoms with Crippen LogP contribution in [0.5, 0.6) is 0 Å². The van der Waals surface area contributed by atoms with Crippen LogP contribution >= 0.6 is 11.6 Å². The van der Waals surface area contributed by atoms with E-state index in [0.29, 0.717) is 10.6 Å². The largest absolute Gasteiger partial charge is 0.447 e. The SMILES string of the molecule is N#CCOC(=O)c1c2c(nc3ccccc13)/C(=C/c1ccc(Cl)cc1)CCC2. The predicted molar refractivity (Wildman–Crippen MR) is 110 cm³/mol. The van der Waals surface area contributed by atoms with Crippen molar-refractivity contribution in [2.24, 2.45) is 0 Å². The van der Waals surface area contributed by atoms with E-state index in [9.17, 15) is 4.79 Å². The highest BCUT2D eigenvalue weighted by atomic mass is 35.5. The molecule has 0 unspecified atom stereocenters. The van der Waals surface area contributed by atoms with Crippen molar-refractivity contribution >= 4 is 40.1 Å². The smallest absolute Gasteiger partial charge is 0.340 e. The summed E-state index contributed by atoms with van der Waals surface area (Å²) in [5.74, 6) is -0.468. The van der Waals surface area contributed by atoms with Gasteiger partial charge in [0.25, 0.3) is 0 Å².